The van der Waals surface area contributed by atoms with Crippen molar-refractivity contribution in [1.82, 2.24) is 5.32 Å². The zero-order chi connectivity index (χ0) is 15.4. The van der Waals surface area contributed by atoms with E-state index in [2.05, 4.69) is 10.6 Å². The number of benzene rings is 1. The average molecular weight is 292 g/mol. The molecule has 0 saturated carbocycles. The van der Waals surface area contributed by atoms with Crippen LogP contribution in [-0.2, 0) is 9.59 Å². The van der Waals surface area contributed by atoms with Crippen LogP contribution in [0.5, 0.6) is 5.75 Å². The number of hydrogen-bond donors (Lipinski definition) is 3. The summed E-state index contributed by atoms with van der Waals surface area (Å²) in [7, 11) is 0. The second-order valence-electron chi connectivity index (χ2n) is 4.71. The molecule has 21 heavy (non-hydrogen) atoms. The van der Waals surface area contributed by atoms with Crippen molar-refractivity contribution in [2.75, 3.05) is 42.2 Å². The Labute approximate surface area is 123 Å². The minimum Gasteiger partial charge on any atom is -0.482 e. The maximum absolute atomic E-state index is 11.7. The van der Waals surface area contributed by atoms with Crippen molar-refractivity contribution >= 4 is 28.9 Å². The smallest absolute Gasteiger partial charge is 0.262 e. The first-order chi connectivity index (χ1) is 10.0. The van der Waals surface area contributed by atoms with Gasteiger partial charge in [-0.25, -0.2) is 0 Å². The van der Waals surface area contributed by atoms with Crippen molar-refractivity contribution in [3.63, 3.8) is 0 Å². The van der Waals surface area contributed by atoms with Crippen LogP contribution in [0.4, 0.5) is 17.1 Å². The van der Waals surface area contributed by atoms with E-state index >= 15 is 0 Å². The van der Waals surface area contributed by atoms with Crippen molar-refractivity contribution in [3.05, 3.63) is 12.1 Å². The molecule has 2 rings (SSSR count). The molecule has 114 valence electrons. The van der Waals surface area contributed by atoms with Gasteiger partial charge in [0.1, 0.15) is 5.75 Å². The highest BCUT2D eigenvalue weighted by atomic mass is 16.5. The molecule has 1 aromatic carbocycles. The maximum atomic E-state index is 11.7. The lowest BCUT2D eigenvalue weighted by Crippen LogP contribution is -2.37. The van der Waals surface area contributed by atoms with Gasteiger partial charge in [-0.15, -0.1) is 0 Å². The third kappa shape index (κ3) is 3.36. The van der Waals surface area contributed by atoms with Crippen LogP contribution >= 0.6 is 0 Å². The van der Waals surface area contributed by atoms with Gasteiger partial charge in [0.25, 0.3) is 5.91 Å². The minimum atomic E-state index is -0.204. The molecule has 0 aliphatic carbocycles. The molecule has 1 aliphatic rings. The number of anilines is 3. The lowest BCUT2D eigenvalue weighted by Gasteiger charge is -2.27. The summed E-state index contributed by atoms with van der Waals surface area (Å²) >= 11 is 0. The molecule has 0 spiro atoms. The molecular weight excluding hydrogens is 272 g/mol. The van der Waals surface area contributed by atoms with Gasteiger partial charge >= 0.3 is 0 Å². The van der Waals surface area contributed by atoms with E-state index < -0.39 is 0 Å². The van der Waals surface area contributed by atoms with Gasteiger partial charge < -0.3 is 26.0 Å². The first kappa shape index (κ1) is 15.0. The van der Waals surface area contributed by atoms with Gasteiger partial charge in [-0.3, -0.25) is 9.59 Å². The number of ether oxygens (including phenoxy) is 1. The SMILES string of the molecule is CCNC(=O)CN(CC)c1cc2c(cc1N)OCC(=O)N2. The molecule has 1 heterocycles. The van der Waals surface area contributed by atoms with E-state index in [0.717, 1.165) is 0 Å². The van der Waals surface area contributed by atoms with E-state index in [1.807, 2.05) is 18.7 Å². The number of rotatable bonds is 5. The topological polar surface area (TPSA) is 96.7 Å². The molecule has 0 saturated heterocycles. The van der Waals surface area contributed by atoms with Gasteiger partial charge in [0, 0.05) is 19.2 Å². The summed E-state index contributed by atoms with van der Waals surface area (Å²) in [5.74, 6) is 0.270. The Hall–Kier alpha value is -2.44. The normalized spacial score (nSPS) is 13.0. The third-order valence-electron chi connectivity index (χ3n) is 3.19. The van der Waals surface area contributed by atoms with Gasteiger partial charge in [0.05, 0.1) is 23.6 Å². The highest BCUT2D eigenvalue weighted by Gasteiger charge is 2.20. The van der Waals surface area contributed by atoms with Crippen LogP contribution < -0.4 is 26.0 Å². The van der Waals surface area contributed by atoms with Crippen molar-refractivity contribution in [1.29, 1.82) is 0 Å². The fourth-order valence-corrected chi connectivity index (χ4v) is 2.20. The molecule has 7 nitrogen and oxygen atoms in total. The van der Waals surface area contributed by atoms with E-state index in [9.17, 15) is 9.59 Å². The number of likely N-dealkylation sites (N-methyl/N-ethyl adjacent to an activating group) is 2. The second kappa shape index (κ2) is 6.34. The van der Waals surface area contributed by atoms with Crippen molar-refractivity contribution in [2.45, 2.75) is 13.8 Å². The van der Waals surface area contributed by atoms with Gasteiger partial charge in [0.15, 0.2) is 6.61 Å². The summed E-state index contributed by atoms with van der Waals surface area (Å²) in [6, 6.07) is 3.41. The highest BCUT2D eigenvalue weighted by molar-refractivity contribution is 5.97. The number of hydrogen-bond acceptors (Lipinski definition) is 5. The summed E-state index contributed by atoms with van der Waals surface area (Å²) < 4.78 is 5.31. The fourth-order valence-electron chi connectivity index (χ4n) is 2.20. The largest absolute Gasteiger partial charge is 0.482 e. The van der Waals surface area contributed by atoms with Gasteiger partial charge in [0.2, 0.25) is 5.91 Å². The Morgan fingerprint density at radius 1 is 1.48 bits per heavy atom. The number of nitrogens with zero attached hydrogens (tertiary/aromatic N) is 1. The third-order valence-corrected chi connectivity index (χ3v) is 3.19. The second-order valence-corrected chi connectivity index (χ2v) is 4.71. The molecule has 0 atom stereocenters. The van der Waals surface area contributed by atoms with Gasteiger partial charge in [-0.2, -0.15) is 0 Å². The zero-order valence-corrected chi connectivity index (χ0v) is 12.2. The standard InChI is InChI=1S/C14H20N4O3/c1-3-16-13(19)7-18(4-2)11-6-10-12(5-9(11)15)21-8-14(20)17-10/h5-6H,3-4,7-8,15H2,1-2H3,(H,16,19)(H,17,20). The molecule has 2 amide bonds. The Balaban J connectivity index is 2.26. The van der Waals surface area contributed by atoms with Crippen LogP contribution in [0.3, 0.4) is 0 Å². The quantitative estimate of drug-likeness (QED) is 0.689. The molecule has 1 aliphatic heterocycles. The minimum absolute atomic E-state index is 0.0117. The van der Waals surface area contributed by atoms with Gasteiger partial charge in [-0.05, 0) is 19.9 Å². The maximum Gasteiger partial charge on any atom is 0.262 e. The Morgan fingerprint density at radius 2 is 2.24 bits per heavy atom. The van der Waals surface area contributed by atoms with Crippen LogP contribution in [0.2, 0.25) is 0 Å². The summed E-state index contributed by atoms with van der Waals surface area (Å²) in [5.41, 5.74) is 7.83. The highest BCUT2D eigenvalue weighted by Crippen LogP contribution is 2.36. The predicted molar refractivity (Wildman–Crippen MR) is 81.5 cm³/mol. The van der Waals surface area contributed by atoms with E-state index in [1.165, 1.54) is 0 Å². The number of amides is 2. The predicted octanol–water partition coefficient (Wildman–Crippen LogP) is 0.562. The number of nitrogens with two attached hydrogens (primary N) is 1. The summed E-state index contributed by atoms with van der Waals surface area (Å²) in [4.78, 5) is 25.0. The van der Waals surface area contributed by atoms with Crippen LogP contribution in [0.1, 0.15) is 13.8 Å². The van der Waals surface area contributed by atoms with Crippen molar-refractivity contribution in [2.24, 2.45) is 0 Å². The van der Waals surface area contributed by atoms with Crippen LogP contribution in [-0.4, -0.2) is 38.1 Å². The fraction of sp³-hybridized carbons (Fsp3) is 0.429. The summed E-state index contributed by atoms with van der Waals surface area (Å²) in [5, 5.41) is 5.49. The Morgan fingerprint density at radius 3 is 2.90 bits per heavy atom. The van der Waals surface area contributed by atoms with E-state index in [0.29, 0.717) is 35.9 Å². The lowest BCUT2D eigenvalue weighted by atomic mass is 10.2. The molecule has 0 bridgehead atoms. The molecule has 0 unspecified atom stereocenters. The summed E-state index contributed by atoms with van der Waals surface area (Å²) in [6.45, 7) is 5.21. The first-order valence-corrected chi connectivity index (χ1v) is 6.93. The molecular formula is C14H20N4O3. The number of nitrogen functional groups attached to an aromatic ring is 1. The molecule has 0 radical (unpaired) electrons. The molecule has 0 fully saturated rings. The Kier molecular flexibility index (Phi) is 4.52. The molecule has 4 N–H and O–H groups in total. The zero-order valence-electron chi connectivity index (χ0n) is 12.2. The lowest BCUT2D eigenvalue weighted by molar-refractivity contribution is -0.120. The van der Waals surface area contributed by atoms with Crippen LogP contribution in [0.25, 0.3) is 0 Å². The monoisotopic (exact) mass is 292 g/mol. The molecule has 7 heteroatoms. The van der Waals surface area contributed by atoms with Crippen molar-refractivity contribution < 1.29 is 14.3 Å². The number of carbonyl (C=O) groups is 2. The van der Waals surface area contributed by atoms with Gasteiger partial charge in [-0.1, -0.05) is 0 Å². The average Bonchev–Trinajstić information content (AvgIpc) is 2.45. The van der Waals surface area contributed by atoms with E-state index in [4.69, 9.17) is 10.5 Å². The molecule has 0 aromatic heterocycles. The van der Waals surface area contributed by atoms with Crippen LogP contribution in [0.15, 0.2) is 12.1 Å². The number of fused-ring (bicyclic) bond motifs is 1. The van der Waals surface area contributed by atoms with Crippen LogP contribution in [0, 0.1) is 0 Å². The summed E-state index contributed by atoms with van der Waals surface area (Å²) in [6.07, 6.45) is 0. The Bertz CT molecular complexity index is 559. The number of nitrogens with one attached hydrogen (secondary N) is 2. The van der Waals surface area contributed by atoms with E-state index in [-0.39, 0.29) is 25.0 Å². The first-order valence-electron chi connectivity index (χ1n) is 6.93. The van der Waals surface area contributed by atoms with E-state index in [1.54, 1.807) is 12.1 Å². The van der Waals surface area contributed by atoms with Crippen molar-refractivity contribution in [3.8, 4) is 5.75 Å². The molecule has 1 aromatic rings. The number of carbonyl (C=O) groups excluding carboxylic acids is 2.